The highest BCUT2D eigenvalue weighted by Crippen LogP contribution is 2.44. The normalized spacial score (nSPS) is 24.5. The minimum Gasteiger partial charge on any atom is -0.299 e. The second-order valence-electron chi connectivity index (χ2n) is 8.08. The Morgan fingerprint density at radius 3 is 2.15 bits per heavy atom. The molecule has 7 rings (SSSR count). The van der Waals surface area contributed by atoms with Gasteiger partial charge in [0.1, 0.15) is 5.78 Å². The van der Waals surface area contributed by atoms with Crippen molar-refractivity contribution in [3.05, 3.63) is 65.7 Å². The number of carbonyl (C=O) groups excluding carboxylic acids is 1. The summed E-state index contributed by atoms with van der Waals surface area (Å²) < 4.78 is 0. The average molecular weight is 336 g/mol. The highest BCUT2D eigenvalue weighted by molar-refractivity contribution is 6.24. The van der Waals surface area contributed by atoms with E-state index in [2.05, 4.69) is 60.7 Å². The van der Waals surface area contributed by atoms with Crippen molar-refractivity contribution in [3.8, 4) is 0 Å². The molecule has 1 heteroatoms. The lowest BCUT2D eigenvalue weighted by Gasteiger charge is -2.37. The van der Waals surface area contributed by atoms with Gasteiger partial charge in [-0.05, 0) is 63.1 Å². The van der Waals surface area contributed by atoms with Crippen LogP contribution in [0.5, 0.6) is 0 Å². The zero-order valence-electron chi connectivity index (χ0n) is 14.7. The first-order valence-electron chi connectivity index (χ1n) is 9.67. The van der Waals surface area contributed by atoms with Crippen molar-refractivity contribution in [1.82, 2.24) is 0 Å². The first kappa shape index (κ1) is 14.5. The molecule has 0 aromatic heterocycles. The lowest BCUT2D eigenvalue weighted by molar-refractivity contribution is -0.127. The van der Waals surface area contributed by atoms with Gasteiger partial charge >= 0.3 is 0 Å². The van der Waals surface area contributed by atoms with Gasteiger partial charge in [-0.1, -0.05) is 66.2 Å². The van der Waals surface area contributed by atoms with Crippen molar-refractivity contribution in [1.29, 1.82) is 0 Å². The number of benzene rings is 4. The molecule has 1 nitrogen and oxygen atoms in total. The number of allylic oxidation sites excluding steroid dienone is 1. The van der Waals surface area contributed by atoms with Crippen LogP contribution in [0.4, 0.5) is 0 Å². The summed E-state index contributed by atoms with van der Waals surface area (Å²) in [5.74, 6) is 1.26. The van der Waals surface area contributed by atoms with Gasteiger partial charge in [-0.2, -0.15) is 0 Å². The van der Waals surface area contributed by atoms with Crippen LogP contribution in [-0.4, -0.2) is 5.78 Å². The Morgan fingerprint density at radius 1 is 0.731 bits per heavy atom. The third kappa shape index (κ3) is 1.94. The van der Waals surface area contributed by atoms with Crippen molar-refractivity contribution >= 4 is 44.2 Å². The molecule has 0 heterocycles. The standard InChI is InChI=1S/C25H20O/c26-23-14-18-7-9-20(23)13-21(18)12-19-8-6-17-5-4-15-2-1-3-16-10-11-22(19)25(17)24(15)16/h1-6,8,10-12,18,20H,7,9,13-14H2/b21-12+. The zero-order valence-corrected chi connectivity index (χ0v) is 14.7. The molecule has 26 heavy (non-hydrogen) atoms. The molecule has 2 unspecified atom stereocenters. The molecule has 3 aliphatic carbocycles. The molecule has 0 spiro atoms. The highest BCUT2D eigenvalue weighted by Gasteiger charge is 2.37. The Kier molecular flexibility index (Phi) is 2.88. The summed E-state index contributed by atoms with van der Waals surface area (Å²) in [6.07, 6.45) is 6.43. The van der Waals surface area contributed by atoms with Gasteiger partial charge in [-0.3, -0.25) is 4.79 Å². The van der Waals surface area contributed by atoms with Crippen LogP contribution in [0, 0.1) is 11.8 Å². The fourth-order valence-corrected chi connectivity index (χ4v) is 5.32. The maximum atomic E-state index is 12.1. The minimum absolute atomic E-state index is 0.283. The lowest BCUT2D eigenvalue weighted by Crippen LogP contribution is -2.32. The molecule has 126 valence electrons. The van der Waals surface area contributed by atoms with Gasteiger partial charge in [-0.15, -0.1) is 0 Å². The lowest BCUT2D eigenvalue weighted by atomic mass is 9.67. The van der Waals surface area contributed by atoms with E-state index >= 15 is 0 Å². The molecule has 4 aromatic rings. The summed E-state index contributed by atoms with van der Waals surface area (Å²) in [6, 6.07) is 20.1. The van der Waals surface area contributed by atoms with Crippen molar-refractivity contribution < 1.29 is 4.79 Å². The van der Waals surface area contributed by atoms with Gasteiger partial charge in [0.05, 0.1) is 0 Å². The molecule has 0 saturated heterocycles. The average Bonchev–Trinajstić information content (AvgIpc) is 2.68. The molecule has 4 aromatic carbocycles. The number of rotatable bonds is 1. The summed E-state index contributed by atoms with van der Waals surface area (Å²) in [5, 5.41) is 8.04. The molecule has 3 aliphatic rings. The Hall–Kier alpha value is -2.67. The van der Waals surface area contributed by atoms with Crippen LogP contribution in [0.25, 0.3) is 38.4 Å². The van der Waals surface area contributed by atoms with E-state index in [0.29, 0.717) is 11.7 Å². The van der Waals surface area contributed by atoms with Crippen molar-refractivity contribution in [2.24, 2.45) is 11.8 Å². The second-order valence-corrected chi connectivity index (χ2v) is 8.08. The number of fused-ring (bicyclic) bond motifs is 3. The maximum absolute atomic E-state index is 12.1. The van der Waals surface area contributed by atoms with Gasteiger partial charge < -0.3 is 0 Å². The third-order valence-electron chi connectivity index (χ3n) is 6.68. The van der Waals surface area contributed by atoms with Crippen LogP contribution in [0.1, 0.15) is 31.2 Å². The molecular weight excluding hydrogens is 316 g/mol. The van der Waals surface area contributed by atoms with Gasteiger partial charge in [0, 0.05) is 12.3 Å². The Labute approximate surface area is 152 Å². The van der Waals surface area contributed by atoms with Crippen molar-refractivity contribution in [3.63, 3.8) is 0 Å². The molecule has 0 radical (unpaired) electrons. The van der Waals surface area contributed by atoms with Crippen LogP contribution < -0.4 is 0 Å². The van der Waals surface area contributed by atoms with Gasteiger partial charge in [0.25, 0.3) is 0 Å². The summed E-state index contributed by atoms with van der Waals surface area (Å²) in [5.41, 5.74) is 2.81. The van der Waals surface area contributed by atoms with Gasteiger partial charge in [0.15, 0.2) is 0 Å². The summed E-state index contributed by atoms with van der Waals surface area (Å²) in [6.45, 7) is 0. The maximum Gasteiger partial charge on any atom is 0.136 e. The van der Waals surface area contributed by atoms with Crippen LogP contribution in [-0.2, 0) is 4.79 Å². The molecule has 2 bridgehead atoms. The molecule has 2 atom stereocenters. The van der Waals surface area contributed by atoms with Crippen LogP contribution >= 0.6 is 0 Å². The highest BCUT2D eigenvalue weighted by atomic mass is 16.1. The Morgan fingerprint density at radius 2 is 1.42 bits per heavy atom. The van der Waals surface area contributed by atoms with Crippen molar-refractivity contribution in [2.75, 3.05) is 0 Å². The molecule has 0 aliphatic heterocycles. The van der Waals surface area contributed by atoms with Crippen LogP contribution in [0.15, 0.2) is 60.2 Å². The zero-order chi connectivity index (χ0) is 17.3. The number of Topliss-reactive ketones (excluding diaryl/α,β-unsaturated/α-hetero) is 1. The first-order valence-corrected chi connectivity index (χ1v) is 9.67. The fourth-order valence-electron chi connectivity index (χ4n) is 5.32. The Bertz CT molecular complexity index is 1200. The minimum atomic E-state index is 0.283. The van der Waals surface area contributed by atoms with E-state index in [-0.39, 0.29) is 5.92 Å². The molecule has 0 N–H and O–H groups in total. The number of hydrogen-bond acceptors (Lipinski definition) is 1. The summed E-state index contributed by atoms with van der Waals surface area (Å²) in [4.78, 5) is 12.1. The first-order chi connectivity index (χ1) is 12.8. The number of ketones is 1. The Balaban J connectivity index is 1.60. The van der Waals surface area contributed by atoms with Crippen LogP contribution in [0.2, 0.25) is 0 Å². The van der Waals surface area contributed by atoms with E-state index in [1.54, 1.807) is 0 Å². The molecular formula is C25H20O. The van der Waals surface area contributed by atoms with E-state index in [0.717, 1.165) is 19.3 Å². The SMILES string of the molecule is O=C1CC2CCC1C/C2=C\c1ccc2ccc3cccc4ccc1c2c34. The topological polar surface area (TPSA) is 17.1 Å². The van der Waals surface area contributed by atoms with E-state index < -0.39 is 0 Å². The van der Waals surface area contributed by atoms with E-state index in [4.69, 9.17) is 0 Å². The monoisotopic (exact) mass is 336 g/mol. The summed E-state index contributed by atoms with van der Waals surface area (Å²) >= 11 is 0. The second kappa shape index (κ2) is 5.17. The third-order valence-corrected chi connectivity index (χ3v) is 6.68. The van der Waals surface area contributed by atoms with E-state index in [1.165, 1.54) is 49.9 Å². The van der Waals surface area contributed by atoms with E-state index in [1.807, 2.05) is 0 Å². The number of hydrogen-bond donors (Lipinski definition) is 0. The largest absolute Gasteiger partial charge is 0.299 e. The summed E-state index contributed by atoms with van der Waals surface area (Å²) in [7, 11) is 0. The fraction of sp³-hybridized carbons (Fsp3) is 0.240. The van der Waals surface area contributed by atoms with Gasteiger partial charge in [-0.25, -0.2) is 0 Å². The van der Waals surface area contributed by atoms with Gasteiger partial charge in [0.2, 0.25) is 0 Å². The van der Waals surface area contributed by atoms with E-state index in [9.17, 15) is 4.79 Å². The predicted octanol–water partition coefficient (Wildman–Crippen LogP) is 6.36. The molecule has 3 fully saturated rings. The predicted molar refractivity (Wildman–Crippen MR) is 109 cm³/mol. The molecule has 0 amide bonds. The molecule has 3 saturated carbocycles. The van der Waals surface area contributed by atoms with Crippen molar-refractivity contribution in [2.45, 2.75) is 25.7 Å². The van der Waals surface area contributed by atoms with Crippen LogP contribution in [0.3, 0.4) is 0 Å². The smallest absolute Gasteiger partial charge is 0.136 e. The quantitative estimate of drug-likeness (QED) is 0.370. The number of carbonyl (C=O) groups is 1.